The van der Waals surface area contributed by atoms with Crippen LogP contribution in [0.15, 0.2) is 29.3 Å². The van der Waals surface area contributed by atoms with E-state index in [0.29, 0.717) is 12.0 Å². The van der Waals surface area contributed by atoms with Crippen molar-refractivity contribution in [3.63, 3.8) is 0 Å². The third-order valence-corrected chi connectivity index (χ3v) is 5.59. The van der Waals surface area contributed by atoms with E-state index in [-0.39, 0.29) is 24.0 Å². The third-order valence-electron chi connectivity index (χ3n) is 5.34. The molecule has 8 heteroatoms. The molecule has 1 atom stereocenters. The van der Waals surface area contributed by atoms with Crippen LogP contribution in [-0.4, -0.2) is 81.3 Å². The Kier molecular flexibility index (Phi) is 9.41. The Balaban J connectivity index is 0.00000261. The van der Waals surface area contributed by atoms with Gasteiger partial charge in [-0.05, 0) is 43.7 Å². The lowest BCUT2D eigenvalue weighted by Crippen LogP contribution is -2.51. The van der Waals surface area contributed by atoms with Gasteiger partial charge in [-0.1, -0.05) is 11.6 Å². The van der Waals surface area contributed by atoms with Crippen LogP contribution in [0.1, 0.15) is 12.8 Å². The predicted octanol–water partition coefficient (Wildman–Crippen LogP) is 2.51. The lowest BCUT2D eigenvalue weighted by molar-refractivity contribution is 0.142. The highest BCUT2D eigenvalue weighted by molar-refractivity contribution is 14.0. The average Bonchev–Trinajstić information content (AvgIpc) is 3.12. The standard InChI is InChI=1S/C19H30ClN5O.HI/c1-26-14-13-23-8-2-3-18(23)15-22-19(21)25-11-9-24(10-12-25)17-6-4-16(20)5-7-17;/h4-7,18H,2-3,8-15H2,1H3,(H2,21,22);1H. The molecule has 0 saturated carbocycles. The average molecular weight is 508 g/mol. The van der Waals surface area contributed by atoms with Crippen LogP contribution in [0.25, 0.3) is 0 Å². The Morgan fingerprint density at radius 1 is 1.19 bits per heavy atom. The molecule has 2 fully saturated rings. The lowest BCUT2D eigenvalue weighted by Gasteiger charge is -2.36. The molecule has 6 nitrogen and oxygen atoms in total. The van der Waals surface area contributed by atoms with Crippen molar-refractivity contribution >= 4 is 47.2 Å². The summed E-state index contributed by atoms with van der Waals surface area (Å²) >= 11 is 5.97. The zero-order valence-electron chi connectivity index (χ0n) is 16.0. The molecule has 1 aromatic rings. The molecule has 2 heterocycles. The van der Waals surface area contributed by atoms with Crippen molar-refractivity contribution in [1.29, 1.82) is 0 Å². The Hall–Kier alpha value is -0.770. The van der Waals surface area contributed by atoms with Crippen molar-refractivity contribution < 1.29 is 4.74 Å². The molecule has 2 N–H and O–H groups in total. The van der Waals surface area contributed by atoms with Crippen molar-refractivity contribution in [3.8, 4) is 0 Å². The van der Waals surface area contributed by atoms with Gasteiger partial charge in [-0.3, -0.25) is 9.89 Å². The summed E-state index contributed by atoms with van der Waals surface area (Å²) in [6, 6.07) is 8.53. The van der Waals surface area contributed by atoms with Crippen LogP contribution in [0.2, 0.25) is 5.02 Å². The number of hydrogen-bond donors (Lipinski definition) is 1. The molecule has 2 aliphatic heterocycles. The van der Waals surface area contributed by atoms with Crippen molar-refractivity contribution in [3.05, 3.63) is 29.3 Å². The maximum Gasteiger partial charge on any atom is 0.191 e. The van der Waals surface area contributed by atoms with Gasteiger partial charge in [-0.15, -0.1) is 24.0 Å². The number of guanidine groups is 1. The van der Waals surface area contributed by atoms with Gasteiger partial charge >= 0.3 is 0 Å². The summed E-state index contributed by atoms with van der Waals surface area (Å²) in [7, 11) is 1.75. The van der Waals surface area contributed by atoms with E-state index in [0.717, 1.165) is 57.4 Å². The number of halogens is 2. The molecule has 1 aromatic carbocycles. The minimum absolute atomic E-state index is 0. The number of anilines is 1. The fraction of sp³-hybridized carbons (Fsp3) is 0.632. The van der Waals surface area contributed by atoms with E-state index >= 15 is 0 Å². The second kappa shape index (κ2) is 11.3. The number of methoxy groups -OCH3 is 1. The van der Waals surface area contributed by atoms with Crippen LogP contribution in [0.3, 0.4) is 0 Å². The first kappa shape index (κ1) is 22.5. The van der Waals surface area contributed by atoms with Crippen molar-refractivity contribution in [1.82, 2.24) is 9.80 Å². The summed E-state index contributed by atoms with van der Waals surface area (Å²) in [5.41, 5.74) is 7.49. The molecule has 152 valence electrons. The van der Waals surface area contributed by atoms with Crippen LogP contribution >= 0.6 is 35.6 Å². The first-order chi connectivity index (χ1) is 12.7. The first-order valence-electron chi connectivity index (χ1n) is 9.46. The number of ether oxygens (including phenoxy) is 1. The van der Waals surface area contributed by atoms with E-state index in [2.05, 4.69) is 26.8 Å². The largest absolute Gasteiger partial charge is 0.383 e. The summed E-state index contributed by atoms with van der Waals surface area (Å²) < 4.78 is 5.20. The molecule has 0 radical (unpaired) electrons. The highest BCUT2D eigenvalue weighted by Crippen LogP contribution is 2.20. The molecule has 3 rings (SSSR count). The normalized spacial score (nSPS) is 21.4. The zero-order valence-corrected chi connectivity index (χ0v) is 19.1. The predicted molar refractivity (Wildman–Crippen MR) is 124 cm³/mol. The summed E-state index contributed by atoms with van der Waals surface area (Å²) in [4.78, 5) is 11.7. The summed E-state index contributed by atoms with van der Waals surface area (Å²) in [6.07, 6.45) is 2.44. The van der Waals surface area contributed by atoms with Gasteiger partial charge in [-0.2, -0.15) is 0 Å². The zero-order chi connectivity index (χ0) is 18.4. The summed E-state index contributed by atoms with van der Waals surface area (Å²) in [6.45, 7) is 7.38. The molecule has 0 spiro atoms. The fourth-order valence-electron chi connectivity index (χ4n) is 3.75. The number of piperazine rings is 1. The van der Waals surface area contributed by atoms with Gasteiger partial charge in [0.2, 0.25) is 0 Å². The van der Waals surface area contributed by atoms with E-state index in [1.54, 1.807) is 7.11 Å². The maximum absolute atomic E-state index is 6.27. The van der Waals surface area contributed by atoms with Crippen LogP contribution in [0.4, 0.5) is 5.69 Å². The maximum atomic E-state index is 6.27. The smallest absolute Gasteiger partial charge is 0.191 e. The fourth-order valence-corrected chi connectivity index (χ4v) is 3.88. The van der Waals surface area contributed by atoms with Gasteiger partial charge in [0.1, 0.15) is 0 Å². The van der Waals surface area contributed by atoms with Gasteiger partial charge in [0.15, 0.2) is 5.96 Å². The van der Waals surface area contributed by atoms with E-state index in [1.807, 2.05) is 12.1 Å². The second-order valence-electron chi connectivity index (χ2n) is 6.97. The second-order valence-corrected chi connectivity index (χ2v) is 7.41. The SMILES string of the molecule is COCCN1CCCC1CN=C(N)N1CCN(c2ccc(Cl)cc2)CC1.I. The van der Waals surface area contributed by atoms with Crippen molar-refractivity contribution in [2.75, 3.05) is 64.4 Å². The van der Waals surface area contributed by atoms with Crippen LogP contribution in [0, 0.1) is 0 Å². The lowest BCUT2D eigenvalue weighted by atomic mass is 10.2. The van der Waals surface area contributed by atoms with E-state index in [1.165, 1.54) is 18.5 Å². The Morgan fingerprint density at radius 3 is 2.56 bits per heavy atom. The molecular formula is C19H31ClIN5O. The molecular weight excluding hydrogens is 477 g/mol. The van der Waals surface area contributed by atoms with E-state index in [4.69, 9.17) is 27.1 Å². The molecule has 0 aliphatic carbocycles. The number of nitrogens with zero attached hydrogens (tertiary/aromatic N) is 4. The summed E-state index contributed by atoms with van der Waals surface area (Å²) in [5.74, 6) is 0.680. The number of hydrogen-bond acceptors (Lipinski definition) is 4. The number of rotatable bonds is 6. The summed E-state index contributed by atoms with van der Waals surface area (Å²) in [5, 5.41) is 0.773. The molecule has 0 aromatic heterocycles. The van der Waals surface area contributed by atoms with Gasteiger partial charge in [-0.25, -0.2) is 0 Å². The number of aliphatic imine (C=N–C) groups is 1. The number of nitrogens with two attached hydrogens (primary N) is 1. The van der Waals surface area contributed by atoms with E-state index in [9.17, 15) is 0 Å². The monoisotopic (exact) mass is 507 g/mol. The van der Waals surface area contributed by atoms with Crippen LogP contribution < -0.4 is 10.6 Å². The number of likely N-dealkylation sites (tertiary alicyclic amines) is 1. The molecule has 0 amide bonds. The van der Waals surface area contributed by atoms with Crippen molar-refractivity contribution in [2.45, 2.75) is 18.9 Å². The molecule has 27 heavy (non-hydrogen) atoms. The molecule has 1 unspecified atom stereocenters. The van der Waals surface area contributed by atoms with E-state index < -0.39 is 0 Å². The van der Waals surface area contributed by atoms with Crippen molar-refractivity contribution in [2.24, 2.45) is 10.7 Å². The number of benzene rings is 1. The van der Waals surface area contributed by atoms with Gasteiger partial charge in [0.05, 0.1) is 13.2 Å². The Bertz CT molecular complexity index is 592. The van der Waals surface area contributed by atoms with Crippen LogP contribution in [0.5, 0.6) is 0 Å². The highest BCUT2D eigenvalue weighted by Gasteiger charge is 2.24. The topological polar surface area (TPSA) is 57.3 Å². The molecule has 2 saturated heterocycles. The third kappa shape index (κ3) is 6.37. The minimum atomic E-state index is 0. The quantitative estimate of drug-likeness (QED) is 0.364. The molecule has 2 aliphatic rings. The Morgan fingerprint density at radius 2 is 1.89 bits per heavy atom. The molecule has 0 bridgehead atoms. The highest BCUT2D eigenvalue weighted by atomic mass is 127. The van der Waals surface area contributed by atoms with Crippen LogP contribution in [-0.2, 0) is 4.74 Å². The first-order valence-corrected chi connectivity index (χ1v) is 9.83. The minimum Gasteiger partial charge on any atom is -0.383 e. The van der Waals surface area contributed by atoms with Gasteiger partial charge in [0.25, 0.3) is 0 Å². The van der Waals surface area contributed by atoms with Gasteiger partial charge in [0, 0.05) is 56.6 Å². The van der Waals surface area contributed by atoms with Gasteiger partial charge < -0.3 is 20.3 Å². The Labute approximate surface area is 184 Å².